The van der Waals surface area contributed by atoms with E-state index in [2.05, 4.69) is 18.0 Å². The monoisotopic (exact) mass is 347 g/mol. The van der Waals surface area contributed by atoms with Gasteiger partial charge in [0.25, 0.3) is 0 Å². The van der Waals surface area contributed by atoms with Gasteiger partial charge in [0.2, 0.25) is 5.75 Å². The highest BCUT2D eigenvalue weighted by molar-refractivity contribution is 5.91. The molecular weight excluding hydrogens is 322 g/mol. The molecule has 2 unspecified atom stereocenters. The fourth-order valence-corrected chi connectivity index (χ4v) is 3.69. The molecule has 1 aromatic carbocycles. The fraction of sp³-hybridized carbons (Fsp3) is 0.526. The minimum Gasteiger partial charge on any atom is -0.493 e. The molecule has 0 aromatic heterocycles. The first kappa shape index (κ1) is 17.6. The molecule has 0 N–H and O–H groups in total. The highest BCUT2D eigenvalue weighted by Gasteiger charge is 2.34. The van der Waals surface area contributed by atoms with Crippen molar-refractivity contribution in [2.75, 3.05) is 34.9 Å². The number of allylic oxidation sites excluding steroid dienone is 1. The lowest BCUT2D eigenvalue weighted by Crippen LogP contribution is -2.30. The third kappa shape index (κ3) is 3.44. The number of esters is 1. The lowest BCUT2D eigenvalue weighted by molar-refractivity contribution is 0.0597. The number of likely N-dealkylation sites (N-methyl/N-ethyl adjacent to an activating group) is 1. The van der Waals surface area contributed by atoms with E-state index < -0.39 is 5.97 Å². The summed E-state index contributed by atoms with van der Waals surface area (Å²) in [5, 5.41) is 0. The number of likely N-dealkylation sites (tertiary alicyclic amines) is 1. The van der Waals surface area contributed by atoms with Gasteiger partial charge in [-0.3, -0.25) is 4.90 Å². The highest BCUT2D eigenvalue weighted by atomic mass is 16.5. The molecular formula is C19H25NO5. The molecule has 0 spiro atoms. The quantitative estimate of drug-likeness (QED) is 0.764. The van der Waals surface area contributed by atoms with Crippen LogP contribution in [-0.4, -0.2) is 51.8 Å². The van der Waals surface area contributed by atoms with E-state index >= 15 is 0 Å². The Morgan fingerprint density at radius 3 is 2.36 bits per heavy atom. The maximum Gasteiger partial charge on any atom is 0.343 e. The van der Waals surface area contributed by atoms with Crippen LogP contribution in [0.25, 0.3) is 0 Å². The van der Waals surface area contributed by atoms with Gasteiger partial charge in [-0.25, -0.2) is 4.79 Å². The maximum atomic E-state index is 12.6. The molecule has 1 heterocycles. The van der Waals surface area contributed by atoms with Crippen molar-refractivity contribution >= 4 is 5.97 Å². The number of carbonyl (C=O) groups is 1. The molecule has 6 nitrogen and oxygen atoms in total. The molecule has 2 aliphatic rings. The lowest BCUT2D eigenvalue weighted by atomic mass is 9.89. The Hall–Kier alpha value is -2.21. The van der Waals surface area contributed by atoms with Gasteiger partial charge in [0.15, 0.2) is 11.5 Å². The second kappa shape index (κ2) is 7.35. The summed E-state index contributed by atoms with van der Waals surface area (Å²) in [7, 11) is 6.68. The van der Waals surface area contributed by atoms with Crippen LogP contribution in [0.5, 0.6) is 17.2 Å². The summed E-state index contributed by atoms with van der Waals surface area (Å²) in [6.45, 7) is 1.10. The van der Waals surface area contributed by atoms with E-state index in [1.807, 2.05) is 0 Å². The van der Waals surface area contributed by atoms with Crippen molar-refractivity contribution < 1.29 is 23.7 Å². The van der Waals surface area contributed by atoms with E-state index in [0.717, 1.165) is 25.1 Å². The molecule has 3 rings (SSSR count). The van der Waals surface area contributed by atoms with E-state index in [-0.39, 0.29) is 0 Å². The molecule has 6 heteroatoms. The molecule has 1 aromatic rings. The lowest BCUT2D eigenvalue weighted by Gasteiger charge is -2.27. The van der Waals surface area contributed by atoms with Gasteiger partial charge in [-0.15, -0.1) is 0 Å². The number of carbonyl (C=O) groups excluding carboxylic acids is 1. The van der Waals surface area contributed by atoms with Gasteiger partial charge >= 0.3 is 5.97 Å². The predicted octanol–water partition coefficient (Wildman–Crippen LogP) is 2.87. The molecule has 0 bridgehead atoms. The summed E-state index contributed by atoms with van der Waals surface area (Å²) < 4.78 is 21.5. The third-order valence-corrected chi connectivity index (χ3v) is 5.09. The molecule has 1 aliphatic heterocycles. The summed E-state index contributed by atoms with van der Waals surface area (Å²) in [4.78, 5) is 14.9. The van der Waals surface area contributed by atoms with Crippen molar-refractivity contribution in [1.82, 2.24) is 4.90 Å². The molecule has 25 heavy (non-hydrogen) atoms. The van der Waals surface area contributed by atoms with Crippen LogP contribution in [0.1, 0.15) is 29.6 Å². The molecule has 0 saturated carbocycles. The molecule has 0 radical (unpaired) electrons. The van der Waals surface area contributed by atoms with Crippen LogP contribution in [-0.2, 0) is 4.74 Å². The Kier molecular flexibility index (Phi) is 5.18. The van der Waals surface area contributed by atoms with Crippen molar-refractivity contribution in [1.29, 1.82) is 0 Å². The largest absolute Gasteiger partial charge is 0.493 e. The molecule has 2 atom stereocenters. The summed E-state index contributed by atoms with van der Waals surface area (Å²) in [5.74, 6) is 2.32. The van der Waals surface area contributed by atoms with E-state index in [0.29, 0.717) is 34.8 Å². The van der Waals surface area contributed by atoms with Crippen molar-refractivity contribution in [2.45, 2.75) is 25.3 Å². The van der Waals surface area contributed by atoms with E-state index in [4.69, 9.17) is 18.9 Å². The maximum absolute atomic E-state index is 12.6. The minimum absolute atomic E-state index is 0.372. The van der Waals surface area contributed by atoms with Crippen molar-refractivity contribution in [2.24, 2.45) is 5.92 Å². The van der Waals surface area contributed by atoms with Crippen LogP contribution >= 0.6 is 0 Å². The summed E-state index contributed by atoms with van der Waals surface area (Å²) in [6, 6.07) is 3.59. The summed E-state index contributed by atoms with van der Waals surface area (Å²) in [5.41, 5.74) is 0.373. The minimum atomic E-state index is -0.412. The molecule has 1 saturated heterocycles. The Balaban J connectivity index is 1.80. The van der Waals surface area contributed by atoms with Gasteiger partial charge in [-0.2, -0.15) is 0 Å². The highest BCUT2D eigenvalue weighted by Crippen LogP contribution is 2.39. The van der Waals surface area contributed by atoms with Gasteiger partial charge in [-0.05, 0) is 50.6 Å². The summed E-state index contributed by atoms with van der Waals surface area (Å²) >= 11 is 0. The van der Waals surface area contributed by atoms with Crippen molar-refractivity contribution in [3.63, 3.8) is 0 Å². The normalized spacial score (nSPS) is 22.8. The SMILES string of the molecule is COc1cc(C(=O)OC2=CC3C(CC2)CCN3C)cc(OC)c1OC. The molecule has 1 aliphatic carbocycles. The number of nitrogens with zero attached hydrogens (tertiary/aromatic N) is 1. The number of benzene rings is 1. The van der Waals surface area contributed by atoms with Crippen LogP contribution in [0.2, 0.25) is 0 Å². The Morgan fingerprint density at radius 1 is 1.08 bits per heavy atom. The summed E-state index contributed by atoms with van der Waals surface area (Å²) in [6.07, 6.45) is 5.16. The van der Waals surface area contributed by atoms with Gasteiger partial charge in [0.05, 0.1) is 26.9 Å². The number of hydrogen-bond acceptors (Lipinski definition) is 6. The van der Waals surface area contributed by atoms with Crippen LogP contribution < -0.4 is 14.2 Å². The Morgan fingerprint density at radius 2 is 1.76 bits per heavy atom. The Labute approximate surface area is 148 Å². The van der Waals surface area contributed by atoms with Crippen LogP contribution in [0.3, 0.4) is 0 Å². The van der Waals surface area contributed by atoms with Gasteiger partial charge in [0.1, 0.15) is 5.76 Å². The third-order valence-electron chi connectivity index (χ3n) is 5.09. The van der Waals surface area contributed by atoms with Crippen LogP contribution in [0, 0.1) is 5.92 Å². The van der Waals surface area contributed by atoms with E-state index in [1.54, 1.807) is 12.1 Å². The first-order chi connectivity index (χ1) is 12.1. The van der Waals surface area contributed by atoms with E-state index in [1.165, 1.54) is 27.8 Å². The zero-order valence-electron chi connectivity index (χ0n) is 15.2. The molecule has 1 fully saturated rings. The Bertz CT molecular complexity index is 659. The second-order valence-electron chi connectivity index (χ2n) is 6.50. The zero-order chi connectivity index (χ0) is 18.0. The van der Waals surface area contributed by atoms with E-state index in [9.17, 15) is 4.79 Å². The van der Waals surface area contributed by atoms with Crippen molar-refractivity contribution in [3.8, 4) is 17.2 Å². The zero-order valence-corrected chi connectivity index (χ0v) is 15.2. The predicted molar refractivity (Wildman–Crippen MR) is 93.4 cm³/mol. The van der Waals surface area contributed by atoms with Crippen molar-refractivity contribution in [3.05, 3.63) is 29.5 Å². The topological polar surface area (TPSA) is 57.2 Å². The van der Waals surface area contributed by atoms with Crippen LogP contribution in [0.15, 0.2) is 24.0 Å². The average Bonchev–Trinajstić information content (AvgIpc) is 3.00. The number of methoxy groups -OCH3 is 3. The number of ether oxygens (including phenoxy) is 4. The van der Waals surface area contributed by atoms with Crippen LogP contribution in [0.4, 0.5) is 0 Å². The molecule has 136 valence electrons. The standard InChI is InChI=1S/C19H25NO5/c1-20-8-7-12-5-6-14(11-15(12)20)25-19(21)13-9-16(22-2)18(24-4)17(10-13)23-3/h9-12,15H,5-8H2,1-4H3. The first-order valence-corrected chi connectivity index (χ1v) is 8.50. The second-order valence-corrected chi connectivity index (χ2v) is 6.50. The first-order valence-electron chi connectivity index (χ1n) is 8.50. The number of fused-ring (bicyclic) bond motifs is 1. The number of hydrogen-bond donors (Lipinski definition) is 0. The smallest absolute Gasteiger partial charge is 0.343 e. The van der Waals surface area contributed by atoms with Gasteiger partial charge in [0, 0.05) is 12.5 Å². The molecule has 0 amide bonds. The fourth-order valence-electron chi connectivity index (χ4n) is 3.69. The van der Waals surface area contributed by atoms with Gasteiger partial charge in [-0.1, -0.05) is 0 Å². The average molecular weight is 347 g/mol. The number of rotatable bonds is 5. The van der Waals surface area contributed by atoms with Gasteiger partial charge < -0.3 is 18.9 Å².